The number of para-hydroxylation sites is 1. The van der Waals surface area contributed by atoms with Crippen LogP contribution in [0.2, 0.25) is 0 Å². The van der Waals surface area contributed by atoms with Gasteiger partial charge in [0.1, 0.15) is 11.8 Å². The molecule has 0 aliphatic rings. The average molecular weight is 433 g/mol. The summed E-state index contributed by atoms with van der Waals surface area (Å²) in [6, 6.07) is 8.43. The van der Waals surface area contributed by atoms with Gasteiger partial charge in [-0.15, -0.1) is 5.10 Å². The minimum atomic E-state index is -4.99. The Morgan fingerprint density at radius 1 is 1.23 bits per heavy atom. The van der Waals surface area contributed by atoms with Gasteiger partial charge in [-0.3, -0.25) is 14.2 Å². The summed E-state index contributed by atoms with van der Waals surface area (Å²) in [5.41, 5.74) is -3.14. The highest BCUT2D eigenvalue weighted by Gasteiger charge is 2.39. The van der Waals surface area contributed by atoms with Crippen molar-refractivity contribution >= 4 is 0 Å². The summed E-state index contributed by atoms with van der Waals surface area (Å²) in [6.07, 6.45) is -4.30. The van der Waals surface area contributed by atoms with Crippen LogP contribution in [0.3, 0.4) is 0 Å². The van der Waals surface area contributed by atoms with Crippen LogP contribution in [0, 0.1) is 11.3 Å². The summed E-state index contributed by atoms with van der Waals surface area (Å²) in [5, 5.41) is 13.0. The summed E-state index contributed by atoms with van der Waals surface area (Å²) in [6.45, 7) is -0.355. The van der Waals surface area contributed by atoms with E-state index < -0.39 is 28.7 Å². The highest BCUT2D eigenvalue weighted by atomic mass is 19.4. The van der Waals surface area contributed by atoms with Crippen LogP contribution in [0.25, 0.3) is 0 Å². The van der Waals surface area contributed by atoms with Gasteiger partial charge in [-0.05, 0) is 12.1 Å². The van der Waals surface area contributed by atoms with Crippen molar-refractivity contribution < 1.29 is 22.6 Å². The van der Waals surface area contributed by atoms with Crippen molar-refractivity contribution in [3.05, 3.63) is 74.2 Å². The Morgan fingerprint density at radius 2 is 1.94 bits per heavy atom. The number of alkyl halides is 3. The highest BCUT2D eigenvalue weighted by Crippen LogP contribution is 2.35. The number of ether oxygens (including phenoxy) is 2. The molecule has 1 aromatic carbocycles. The van der Waals surface area contributed by atoms with E-state index >= 15 is 0 Å². The van der Waals surface area contributed by atoms with E-state index in [1.807, 2.05) is 0 Å². The fourth-order valence-corrected chi connectivity index (χ4v) is 2.66. The first-order valence-corrected chi connectivity index (χ1v) is 8.60. The minimum Gasteiger partial charge on any atom is -0.480 e. The number of hydrogen-bond donors (Lipinski definition) is 0. The molecule has 0 bridgehead atoms. The Labute approximate surface area is 172 Å². The third kappa shape index (κ3) is 4.40. The van der Waals surface area contributed by atoms with Crippen molar-refractivity contribution in [1.82, 2.24) is 19.3 Å². The van der Waals surface area contributed by atoms with Gasteiger partial charge in [0.2, 0.25) is 11.6 Å². The molecule has 3 aromatic rings. The van der Waals surface area contributed by atoms with Crippen LogP contribution in [0.1, 0.15) is 16.8 Å². The third-order valence-electron chi connectivity index (χ3n) is 4.15. The second-order valence-electron chi connectivity index (χ2n) is 6.20. The van der Waals surface area contributed by atoms with Crippen molar-refractivity contribution in [2.45, 2.75) is 12.7 Å². The first-order valence-electron chi connectivity index (χ1n) is 8.60. The zero-order chi connectivity index (χ0) is 22.8. The van der Waals surface area contributed by atoms with Crippen LogP contribution < -0.4 is 20.6 Å². The molecular formula is C19H14F3N5O4. The second-order valence-corrected chi connectivity index (χ2v) is 6.20. The normalized spacial score (nSPS) is 11.1. The Hall–Kier alpha value is -4.14. The van der Waals surface area contributed by atoms with Crippen molar-refractivity contribution in [3.8, 4) is 23.4 Å². The van der Waals surface area contributed by atoms with Gasteiger partial charge in [-0.2, -0.15) is 18.4 Å². The first-order chi connectivity index (χ1) is 14.7. The number of aryl methyl sites for hydroxylation is 1. The molecule has 0 spiro atoms. The number of nitrogens with zero attached hydrogens (tertiary/aromatic N) is 5. The van der Waals surface area contributed by atoms with Gasteiger partial charge in [0, 0.05) is 18.7 Å². The number of hydrogen-bond acceptors (Lipinski definition) is 7. The summed E-state index contributed by atoms with van der Waals surface area (Å²) in [5.74, 6) is -1.33. The van der Waals surface area contributed by atoms with E-state index in [0.717, 1.165) is 15.3 Å². The van der Waals surface area contributed by atoms with E-state index in [2.05, 4.69) is 10.1 Å². The molecule has 0 unspecified atom stereocenters. The standard InChI is InChI=1S/C19H14F3N5O4/c1-26-14(28)7-12(17(25-26)30-2)9-27-10-24-16(19(20,21)22)15(18(27)29)31-13-6-4-3-5-11(13)8-23/h3-7,10H,9H2,1-2H3. The van der Waals surface area contributed by atoms with E-state index in [0.29, 0.717) is 6.33 Å². The molecule has 12 heteroatoms. The molecule has 31 heavy (non-hydrogen) atoms. The van der Waals surface area contributed by atoms with Gasteiger partial charge in [0.05, 0.1) is 25.5 Å². The van der Waals surface area contributed by atoms with Crippen LogP contribution in [-0.2, 0) is 19.8 Å². The molecule has 160 valence electrons. The molecule has 0 amide bonds. The zero-order valence-electron chi connectivity index (χ0n) is 16.2. The number of halogens is 3. The first kappa shape index (κ1) is 21.6. The van der Waals surface area contributed by atoms with Crippen LogP contribution in [0.5, 0.6) is 17.4 Å². The number of methoxy groups -OCH3 is 1. The summed E-state index contributed by atoms with van der Waals surface area (Å²) in [7, 11) is 2.68. The van der Waals surface area contributed by atoms with Gasteiger partial charge in [-0.1, -0.05) is 12.1 Å². The van der Waals surface area contributed by atoms with Crippen molar-refractivity contribution in [1.29, 1.82) is 5.26 Å². The number of aromatic nitrogens is 4. The topological polar surface area (TPSA) is 112 Å². The van der Waals surface area contributed by atoms with Crippen molar-refractivity contribution in [3.63, 3.8) is 0 Å². The molecule has 0 saturated carbocycles. The molecule has 2 heterocycles. The van der Waals surface area contributed by atoms with Crippen LogP contribution in [0.15, 0.2) is 46.2 Å². The van der Waals surface area contributed by atoms with Crippen LogP contribution in [-0.4, -0.2) is 26.4 Å². The predicted octanol–water partition coefficient (Wildman–Crippen LogP) is 2.08. The number of rotatable bonds is 5. The molecule has 0 aliphatic carbocycles. The molecule has 3 rings (SSSR count). The van der Waals surface area contributed by atoms with E-state index in [-0.39, 0.29) is 29.3 Å². The van der Waals surface area contributed by atoms with Crippen LogP contribution >= 0.6 is 0 Å². The largest absolute Gasteiger partial charge is 0.480 e. The molecule has 0 radical (unpaired) electrons. The lowest BCUT2D eigenvalue weighted by Gasteiger charge is -2.15. The fourth-order valence-electron chi connectivity index (χ4n) is 2.66. The Balaban J connectivity index is 2.14. The van der Waals surface area contributed by atoms with Gasteiger partial charge >= 0.3 is 6.18 Å². The summed E-state index contributed by atoms with van der Waals surface area (Å²) in [4.78, 5) is 28.1. The maximum Gasteiger partial charge on any atom is 0.437 e. The maximum absolute atomic E-state index is 13.5. The molecule has 0 saturated heterocycles. The molecule has 9 nitrogen and oxygen atoms in total. The smallest absolute Gasteiger partial charge is 0.437 e. The molecule has 0 fully saturated rings. The minimum absolute atomic E-state index is 0.00573. The lowest BCUT2D eigenvalue weighted by atomic mass is 10.2. The SMILES string of the molecule is COc1nn(C)c(=O)cc1Cn1cnc(C(F)(F)F)c(Oc2ccccc2C#N)c1=O. The van der Waals surface area contributed by atoms with E-state index in [4.69, 9.17) is 14.7 Å². The molecule has 0 N–H and O–H groups in total. The summed E-state index contributed by atoms with van der Waals surface area (Å²) < 4.78 is 52.5. The molecule has 0 atom stereocenters. The monoisotopic (exact) mass is 433 g/mol. The van der Waals surface area contributed by atoms with Gasteiger partial charge < -0.3 is 9.47 Å². The lowest BCUT2D eigenvalue weighted by molar-refractivity contribution is -0.142. The van der Waals surface area contributed by atoms with Gasteiger partial charge in [0.25, 0.3) is 11.1 Å². The Bertz CT molecular complexity index is 1290. The fraction of sp³-hybridized carbons (Fsp3) is 0.211. The maximum atomic E-state index is 13.5. The second kappa shape index (κ2) is 8.31. The van der Waals surface area contributed by atoms with Crippen molar-refractivity contribution in [2.75, 3.05) is 7.11 Å². The molecular weight excluding hydrogens is 419 g/mol. The highest BCUT2D eigenvalue weighted by molar-refractivity contribution is 5.45. The third-order valence-corrected chi connectivity index (χ3v) is 4.15. The van der Waals surface area contributed by atoms with E-state index in [1.54, 1.807) is 6.07 Å². The van der Waals surface area contributed by atoms with E-state index in [9.17, 15) is 22.8 Å². The predicted molar refractivity (Wildman–Crippen MR) is 99.9 cm³/mol. The number of benzene rings is 1. The van der Waals surface area contributed by atoms with Gasteiger partial charge in [-0.25, -0.2) is 9.67 Å². The van der Waals surface area contributed by atoms with E-state index in [1.165, 1.54) is 38.4 Å². The zero-order valence-corrected chi connectivity index (χ0v) is 16.2. The Kier molecular flexibility index (Phi) is 5.78. The average Bonchev–Trinajstić information content (AvgIpc) is 2.72. The van der Waals surface area contributed by atoms with Crippen molar-refractivity contribution in [2.24, 2.45) is 7.05 Å². The molecule has 0 aliphatic heterocycles. The van der Waals surface area contributed by atoms with Gasteiger partial charge in [0.15, 0.2) is 5.69 Å². The lowest BCUT2D eigenvalue weighted by Crippen LogP contribution is -2.28. The van der Waals surface area contributed by atoms with Crippen LogP contribution in [0.4, 0.5) is 13.2 Å². The Morgan fingerprint density at radius 3 is 2.58 bits per heavy atom. The molecule has 2 aromatic heterocycles. The summed E-state index contributed by atoms with van der Waals surface area (Å²) >= 11 is 0. The number of nitriles is 1. The quantitative estimate of drug-likeness (QED) is 0.606.